The molecule has 1 aromatic carbocycles. The highest BCUT2D eigenvalue weighted by Crippen LogP contribution is 2.19. The number of rotatable bonds is 5. The standard InChI is InChI=1S/C16H19N5O/c1-16(2,22)9-21-11-20-13-14(18-10-19-15(13)21)17-8-12-6-4-3-5-7-12/h3-7,10-11,22H,8-9H2,1-2H3,(H,17,18,19). The van der Waals surface area contributed by atoms with Gasteiger partial charge in [-0.15, -0.1) is 0 Å². The minimum Gasteiger partial charge on any atom is -0.389 e. The van der Waals surface area contributed by atoms with Crippen molar-refractivity contribution in [2.24, 2.45) is 0 Å². The Morgan fingerprint density at radius 1 is 1.14 bits per heavy atom. The Kier molecular flexibility index (Phi) is 3.77. The predicted molar refractivity (Wildman–Crippen MR) is 85.4 cm³/mol. The number of aromatic nitrogens is 4. The Labute approximate surface area is 128 Å². The molecule has 3 aromatic rings. The van der Waals surface area contributed by atoms with Crippen LogP contribution in [-0.2, 0) is 13.1 Å². The average molecular weight is 297 g/mol. The normalized spacial score (nSPS) is 11.8. The van der Waals surface area contributed by atoms with Crippen molar-refractivity contribution < 1.29 is 5.11 Å². The van der Waals surface area contributed by atoms with Crippen molar-refractivity contribution >= 4 is 17.0 Å². The van der Waals surface area contributed by atoms with Gasteiger partial charge in [0, 0.05) is 6.54 Å². The second kappa shape index (κ2) is 5.73. The van der Waals surface area contributed by atoms with E-state index in [1.807, 2.05) is 22.8 Å². The molecule has 3 rings (SSSR count). The third kappa shape index (κ3) is 3.23. The summed E-state index contributed by atoms with van der Waals surface area (Å²) in [6.07, 6.45) is 3.20. The Balaban J connectivity index is 1.85. The number of nitrogens with one attached hydrogen (secondary N) is 1. The minimum absolute atomic E-state index is 0.429. The van der Waals surface area contributed by atoms with Gasteiger partial charge in [-0.3, -0.25) is 0 Å². The van der Waals surface area contributed by atoms with Crippen molar-refractivity contribution in [1.82, 2.24) is 19.5 Å². The fraction of sp³-hybridized carbons (Fsp3) is 0.312. The number of fused-ring (bicyclic) bond motifs is 1. The van der Waals surface area contributed by atoms with E-state index in [2.05, 4.69) is 32.4 Å². The van der Waals surface area contributed by atoms with Gasteiger partial charge in [-0.1, -0.05) is 30.3 Å². The summed E-state index contributed by atoms with van der Waals surface area (Å²) >= 11 is 0. The predicted octanol–water partition coefficient (Wildman–Crippen LogP) is 2.21. The maximum atomic E-state index is 9.96. The molecule has 6 heteroatoms. The molecule has 0 spiro atoms. The molecule has 0 amide bonds. The monoisotopic (exact) mass is 297 g/mol. The molecule has 0 aliphatic rings. The van der Waals surface area contributed by atoms with Gasteiger partial charge in [0.25, 0.3) is 0 Å². The first-order valence-corrected chi connectivity index (χ1v) is 7.19. The van der Waals surface area contributed by atoms with Gasteiger partial charge in [-0.25, -0.2) is 15.0 Å². The molecular weight excluding hydrogens is 278 g/mol. The average Bonchev–Trinajstić information content (AvgIpc) is 2.88. The Morgan fingerprint density at radius 2 is 1.91 bits per heavy atom. The van der Waals surface area contributed by atoms with Crippen LogP contribution in [0.1, 0.15) is 19.4 Å². The second-order valence-electron chi connectivity index (χ2n) is 5.92. The molecule has 0 saturated carbocycles. The quantitative estimate of drug-likeness (QED) is 0.755. The lowest BCUT2D eigenvalue weighted by atomic mass is 10.1. The largest absolute Gasteiger partial charge is 0.389 e. The summed E-state index contributed by atoms with van der Waals surface area (Å²) in [7, 11) is 0. The number of benzene rings is 1. The summed E-state index contributed by atoms with van der Waals surface area (Å²) in [4.78, 5) is 12.9. The topological polar surface area (TPSA) is 75.9 Å². The van der Waals surface area contributed by atoms with E-state index in [1.54, 1.807) is 20.2 Å². The van der Waals surface area contributed by atoms with Crippen LogP contribution in [0.4, 0.5) is 5.82 Å². The van der Waals surface area contributed by atoms with Crippen molar-refractivity contribution in [3.63, 3.8) is 0 Å². The van der Waals surface area contributed by atoms with Gasteiger partial charge in [0.05, 0.1) is 18.5 Å². The Morgan fingerprint density at radius 3 is 2.64 bits per heavy atom. The van der Waals surface area contributed by atoms with Crippen molar-refractivity contribution in [2.75, 3.05) is 5.32 Å². The molecule has 0 aliphatic heterocycles. The third-order valence-corrected chi connectivity index (χ3v) is 3.26. The maximum Gasteiger partial charge on any atom is 0.165 e. The molecule has 6 nitrogen and oxygen atoms in total. The third-order valence-electron chi connectivity index (χ3n) is 3.26. The zero-order valence-corrected chi connectivity index (χ0v) is 12.7. The highest BCUT2D eigenvalue weighted by atomic mass is 16.3. The van der Waals surface area contributed by atoms with Crippen LogP contribution in [0.3, 0.4) is 0 Å². The van der Waals surface area contributed by atoms with Crippen LogP contribution in [-0.4, -0.2) is 30.2 Å². The summed E-state index contributed by atoms with van der Waals surface area (Å²) in [6.45, 7) is 4.62. The number of anilines is 1. The summed E-state index contributed by atoms with van der Waals surface area (Å²) < 4.78 is 1.84. The van der Waals surface area contributed by atoms with Gasteiger partial charge in [0.15, 0.2) is 11.5 Å². The lowest BCUT2D eigenvalue weighted by Gasteiger charge is -2.17. The molecule has 0 saturated heterocycles. The molecule has 0 radical (unpaired) electrons. The van der Waals surface area contributed by atoms with Gasteiger partial charge in [-0.2, -0.15) is 0 Å². The lowest BCUT2D eigenvalue weighted by Crippen LogP contribution is -2.25. The number of nitrogens with zero attached hydrogens (tertiary/aromatic N) is 4. The van der Waals surface area contributed by atoms with Crippen LogP contribution in [0.25, 0.3) is 11.2 Å². The molecule has 0 unspecified atom stereocenters. The molecule has 0 atom stereocenters. The molecule has 114 valence electrons. The smallest absolute Gasteiger partial charge is 0.165 e. The van der Waals surface area contributed by atoms with Crippen LogP contribution in [0, 0.1) is 0 Å². The van der Waals surface area contributed by atoms with Gasteiger partial charge < -0.3 is 15.0 Å². The second-order valence-corrected chi connectivity index (χ2v) is 5.92. The van der Waals surface area contributed by atoms with E-state index >= 15 is 0 Å². The van der Waals surface area contributed by atoms with E-state index in [-0.39, 0.29) is 0 Å². The fourth-order valence-electron chi connectivity index (χ4n) is 2.32. The van der Waals surface area contributed by atoms with E-state index in [0.29, 0.717) is 30.1 Å². The van der Waals surface area contributed by atoms with E-state index in [0.717, 1.165) is 0 Å². The van der Waals surface area contributed by atoms with Crippen molar-refractivity contribution in [3.8, 4) is 0 Å². The minimum atomic E-state index is -0.823. The molecule has 22 heavy (non-hydrogen) atoms. The van der Waals surface area contributed by atoms with Crippen LogP contribution >= 0.6 is 0 Å². The number of aliphatic hydroxyl groups is 1. The van der Waals surface area contributed by atoms with Gasteiger partial charge in [0.2, 0.25) is 0 Å². The van der Waals surface area contributed by atoms with Gasteiger partial charge in [0.1, 0.15) is 11.8 Å². The first kappa shape index (κ1) is 14.5. The summed E-state index contributed by atoms with van der Waals surface area (Å²) in [6, 6.07) is 10.1. The van der Waals surface area contributed by atoms with E-state index < -0.39 is 5.60 Å². The highest BCUT2D eigenvalue weighted by Gasteiger charge is 2.17. The zero-order valence-electron chi connectivity index (χ0n) is 12.7. The van der Waals surface area contributed by atoms with Crippen LogP contribution in [0.2, 0.25) is 0 Å². The molecular formula is C16H19N5O. The molecule has 0 bridgehead atoms. The Hall–Kier alpha value is -2.47. The zero-order chi connectivity index (χ0) is 15.6. The number of hydrogen-bond donors (Lipinski definition) is 2. The van der Waals surface area contributed by atoms with Crippen LogP contribution < -0.4 is 5.32 Å². The molecule has 0 fully saturated rings. The number of imidazole rings is 1. The van der Waals surface area contributed by atoms with Gasteiger partial charge in [-0.05, 0) is 19.4 Å². The summed E-state index contributed by atoms with van der Waals surface area (Å²) in [5.74, 6) is 0.698. The summed E-state index contributed by atoms with van der Waals surface area (Å²) in [5.41, 5.74) is 1.77. The molecule has 2 N–H and O–H groups in total. The highest BCUT2D eigenvalue weighted by molar-refractivity contribution is 5.82. The van der Waals surface area contributed by atoms with E-state index in [9.17, 15) is 5.11 Å². The first-order valence-electron chi connectivity index (χ1n) is 7.19. The molecule has 0 aliphatic carbocycles. The maximum absolute atomic E-state index is 9.96. The number of hydrogen-bond acceptors (Lipinski definition) is 5. The Bertz CT molecular complexity index is 761. The lowest BCUT2D eigenvalue weighted by molar-refractivity contribution is 0.0625. The van der Waals surface area contributed by atoms with E-state index in [4.69, 9.17) is 0 Å². The SMILES string of the molecule is CC(C)(O)Cn1cnc2c(NCc3ccccc3)ncnc21. The van der Waals surface area contributed by atoms with Crippen LogP contribution in [0.15, 0.2) is 43.0 Å². The fourth-order valence-corrected chi connectivity index (χ4v) is 2.32. The van der Waals surface area contributed by atoms with Crippen LogP contribution in [0.5, 0.6) is 0 Å². The molecule has 2 heterocycles. The van der Waals surface area contributed by atoms with E-state index in [1.165, 1.54) is 11.9 Å². The van der Waals surface area contributed by atoms with Crippen molar-refractivity contribution in [2.45, 2.75) is 32.5 Å². The van der Waals surface area contributed by atoms with Crippen molar-refractivity contribution in [3.05, 3.63) is 48.5 Å². The van der Waals surface area contributed by atoms with Crippen molar-refractivity contribution in [1.29, 1.82) is 0 Å². The first-order chi connectivity index (χ1) is 10.5. The summed E-state index contributed by atoms with van der Waals surface area (Å²) in [5, 5.41) is 13.3. The molecule has 2 aromatic heterocycles. The van der Waals surface area contributed by atoms with Gasteiger partial charge >= 0.3 is 0 Å².